The molecule has 2 aromatic rings. The molecule has 2 aromatic carbocycles. The lowest BCUT2D eigenvalue weighted by Crippen LogP contribution is -2.07. The van der Waals surface area contributed by atoms with E-state index in [0.29, 0.717) is 22.1 Å². The summed E-state index contributed by atoms with van der Waals surface area (Å²) in [6, 6.07) is 9.38. The van der Waals surface area contributed by atoms with Gasteiger partial charge in [0.1, 0.15) is 17.3 Å². The second-order valence-corrected chi connectivity index (χ2v) is 4.89. The van der Waals surface area contributed by atoms with Gasteiger partial charge in [0.25, 0.3) is 0 Å². The first-order valence-electron chi connectivity index (χ1n) is 5.96. The summed E-state index contributed by atoms with van der Waals surface area (Å²) in [5, 5.41) is 0.680. The number of hydrogen-bond donors (Lipinski definition) is 1. The third-order valence-electron chi connectivity index (χ3n) is 2.82. The fourth-order valence-electron chi connectivity index (χ4n) is 1.78. The van der Waals surface area contributed by atoms with Gasteiger partial charge in [-0.05, 0) is 55.8 Å². The highest BCUT2D eigenvalue weighted by molar-refractivity contribution is 6.31. The number of aryl methyl sites for hydroxylation is 1. The van der Waals surface area contributed by atoms with Crippen LogP contribution < -0.4 is 10.5 Å². The Morgan fingerprint density at radius 2 is 1.95 bits per heavy atom. The zero-order chi connectivity index (χ0) is 14.0. The molecule has 0 aliphatic rings. The molecule has 0 radical (unpaired) electrons. The number of nitrogens with two attached hydrogens (primary N) is 1. The highest BCUT2D eigenvalue weighted by atomic mass is 35.5. The average molecular weight is 280 g/mol. The van der Waals surface area contributed by atoms with Crippen LogP contribution in [0.25, 0.3) is 0 Å². The van der Waals surface area contributed by atoms with Crippen molar-refractivity contribution in [1.29, 1.82) is 0 Å². The normalized spacial score (nSPS) is 12.3. The van der Waals surface area contributed by atoms with Crippen LogP contribution in [0.5, 0.6) is 11.5 Å². The summed E-state index contributed by atoms with van der Waals surface area (Å²) in [5.74, 6) is 0.875. The number of rotatable bonds is 3. The van der Waals surface area contributed by atoms with Gasteiger partial charge in [0.2, 0.25) is 0 Å². The minimum Gasteiger partial charge on any atom is -0.457 e. The largest absolute Gasteiger partial charge is 0.457 e. The number of benzene rings is 2. The quantitative estimate of drug-likeness (QED) is 0.891. The molecular formula is C15H15ClFNO. The second kappa shape index (κ2) is 5.59. The van der Waals surface area contributed by atoms with Gasteiger partial charge in [0.05, 0.1) is 0 Å². The summed E-state index contributed by atoms with van der Waals surface area (Å²) in [6.45, 7) is 3.68. The molecule has 0 aromatic heterocycles. The molecule has 1 unspecified atom stereocenters. The Morgan fingerprint density at radius 1 is 1.21 bits per heavy atom. The molecule has 0 spiro atoms. The third-order valence-corrected chi connectivity index (χ3v) is 3.24. The molecule has 2 rings (SSSR count). The van der Waals surface area contributed by atoms with Gasteiger partial charge in [-0.1, -0.05) is 11.6 Å². The second-order valence-electron chi connectivity index (χ2n) is 4.48. The van der Waals surface area contributed by atoms with Crippen molar-refractivity contribution in [1.82, 2.24) is 0 Å². The van der Waals surface area contributed by atoms with Gasteiger partial charge in [-0.2, -0.15) is 0 Å². The Kier molecular flexibility index (Phi) is 4.08. The van der Waals surface area contributed by atoms with Gasteiger partial charge in [-0.3, -0.25) is 0 Å². The molecule has 100 valence electrons. The molecule has 0 aliphatic carbocycles. The first-order chi connectivity index (χ1) is 8.97. The maximum absolute atomic E-state index is 13.2. The molecule has 1 atom stereocenters. The standard InChI is InChI=1S/C15H15ClFNO/c1-9-7-12(4-5-14(9)16)19-15-6-3-11(17)8-13(15)10(2)18/h3-8,10H,18H2,1-2H3. The topological polar surface area (TPSA) is 35.2 Å². The molecule has 4 heteroatoms. The number of halogens is 2. The molecule has 0 heterocycles. The number of ether oxygens (including phenoxy) is 1. The van der Waals surface area contributed by atoms with Crippen molar-refractivity contribution in [2.24, 2.45) is 5.73 Å². The van der Waals surface area contributed by atoms with Crippen LogP contribution in [0.3, 0.4) is 0 Å². The summed E-state index contributed by atoms with van der Waals surface area (Å²) in [4.78, 5) is 0. The van der Waals surface area contributed by atoms with E-state index in [1.54, 1.807) is 25.1 Å². The van der Waals surface area contributed by atoms with E-state index in [1.165, 1.54) is 12.1 Å². The Balaban J connectivity index is 2.35. The van der Waals surface area contributed by atoms with Crippen molar-refractivity contribution < 1.29 is 9.13 Å². The highest BCUT2D eigenvalue weighted by Crippen LogP contribution is 2.31. The van der Waals surface area contributed by atoms with Crippen molar-refractivity contribution in [3.05, 3.63) is 58.4 Å². The first kappa shape index (κ1) is 13.8. The van der Waals surface area contributed by atoms with Crippen LogP contribution in [0.2, 0.25) is 5.02 Å². The van der Waals surface area contributed by atoms with E-state index >= 15 is 0 Å². The smallest absolute Gasteiger partial charge is 0.132 e. The Labute approximate surface area is 117 Å². The highest BCUT2D eigenvalue weighted by Gasteiger charge is 2.11. The zero-order valence-electron chi connectivity index (χ0n) is 10.8. The van der Waals surface area contributed by atoms with Crippen molar-refractivity contribution in [3.8, 4) is 11.5 Å². The van der Waals surface area contributed by atoms with Crippen LogP contribution in [0.4, 0.5) is 4.39 Å². The number of hydrogen-bond acceptors (Lipinski definition) is 2. The summed E-state index contributed by atoms with van der Waals surface area (Å²) >= 11 is 5.96. The Bertz CT molecular complexity index is 599. The van der Waals surface area contributed by atoms with Gasteiger partial charge < -0.3 is 10.5 Å². The monoisotopic (exact) mass is 279 g/mol. The van der Waals surface area contributed by atoms with Crippen molar-refractivity contribution in [2.75, 3.05) is 0 Å². The molecule has 0 fully saturated rings. The zero-order valence-corrected chi connectivity index (χ0v) is 11.5. The fraction of sp³-hybridized carbons (Fsp3) is 0.200. The summed E-state index contributed by atoms with van der Waals surface area (Å²) in [7, 11) is 0. The van der Waals surface area contributed by atoms with E-state index in [2.05, 4.69) is 0 Å². The van der Waals surface area contributed by atoms with E-state index in [-0.39, 0.29) is 11.9 Å². The molecule has 2 nitrogen and oxygen atoms in total. The van der Waals surface area contributed by atoms with E-state index in [4.69, 9.17) is 22.1 Å². The molecule has 0 bridgehead atoms. The molecule has 0 amide bonds. The van der Waals surface area contributed by atoms with E-state index in [1.807, 2.05) is 13.0 Å². The van der Waals surface area contributed by atoms with Crippen molar-refractivity contribution >= 4 is 11.6 Å². The molecular weight excluding hydrogens is 265 g/mol. The lowest BCUT2D eigenvalue weighted by molar-refractivity contribution is 0.469. The van der Waals surface area contributed by atoms with Crippen LogP contribution in [0, 0.1) is 12.7 Å². The van der Waals surface area contributed by atoms with Crippen LogP contribution in [-0.4, -0.2) is 0 Å². The predicted octanol–water partition coefficient (Wildman–Crippen LogP) is 4.60. The average Bonchev–Trinajstić information content (AvgIpc) is 2.36. The minimum atomic E-state index is -0.327. The Morgan fingerprint density at radius 3 is 2.58 bits per heavy atom. The SMILES string of the molecule is Cc1cc(Oc2ccc(F)cc2C(C)N)ccc1Cl. The van der Waals surface area contributed by atoms with Crippen molar-refractivity contribution in [3.63, 3.8) is 0 Å². The summed E-state index contributed by atoms with van der Waals surface area (Å²) in [6.07, 6.45) is 0. The van der Waals surface area contributed by atoms with Gasteiger partial charge in [0, 0.05) is 16.6 Å². The maximum atomic E-state index is 13.2. The van der Waals surface area contributed by atoms with Crippen LogP contribution in [-0.2, 0) is 0 Å². The van der Waals surface area contributed by atoms with E-state index < -0.39 is 0 Å². The third kappa shape index (κ3) is 3.25. The van der Waals surface area contributed by atoms with Gasteiger partial charge >= 0.3 is 0 Å². The van der Waals surface area contributed by atoms with Crippen LogP contribution >= 0.6 is 11.6 Å². The van der Waals surface area contributed by atoms with Gasteiger partial charge in [-0.15, -0.1) is 0 Å². The minimum absolute atomic E-state index is 0.306. The van der Waals surface area contributed by atoms with Gasteiger partial charge in [-0.25, -0.2) is 4.39 Å². The molecule has 19 heavy (non-hydrogen) atoms. The molecule has 0 saturated heterocycles. The van der Waals surface area contributed by atoms with Crippen molar-refractivity contribution in [2.45, 2.75) is 19.9 Å². The predicted molar refractivity (Wildman–Crippen MR) is 75.3 cm³/mol. The Hall–Kier alpha value is -1.58. The van der Waals surface area contributed by atoms with Gasteiger partial charge in [0.15, 0.2) is 0 Å². The first-order valence-corrected chi connectivity index (χ1v) is 6.34. The van der Waals surface area contributed by atoms with Crippen LogP contribution in [0.1, 0.15) is 24.1 Å². The summed E-state index contributed by atoms with van der Waals surface area (Å²) < 4.78 is 19.0. The lowest BCUT2D eigenvalue weighted by Gasteiger charge is -2.14. The summed E-state index contributed by atoms with van der Waals surface area (Å²) in [5.41, 5.74) is 7.38. The fourth-order valence-corrected chi connectivity index (χ4v) is 1.89. The maximum Gasteiger partial charge on any atom is 0.132 e. The molecule has 0 saturated carbocycles. The van der Waals surface area contributed by atoms with E-state index in [9.17, 15) is 4.39 Å². The lowest BCUT2D eigenvalue weighted by atomic mass is 10.1. The van der Waals surface area contributed by atoms with Crippen LogP contribution in [0.15, 0.2) is 36.4 Å². The van der Waals surface area contributed by atoms with E-state index in [0.717, 1.165) is 5.56 Å². The molecule has 2 N–H and O–H groups in total. The molecule has 0 aliphatic heterocycles.